The molecule has 8 unspecified atom stereocenters. The number of hydrogen-bond acceptors (Lipinski definition) is 2. The van der Waals surface area contributed by atoms with Gasteiger partial charge in [-0.2, -0.15) is 0 Å². The van der Waals surface area contributed by atoms with Gasteiger partial charge in [0.05, 0.1) is 0 Å². The van der Waals surface area contributed by atoms with E-state index >= 15 is 0 Å². The van der Waals surface area contributed by atoms with Gasteiger partial charge in [-0.3, -0.25) is 0 Å². The number of fused-ring (bicyclic) bond motifs is 5. The summed E-state index contributed by atoms with van der Waals surface area (Å²) in [6.45, 7) is 7.75. The van der Waals surface area contributed by atoms with E-state index in [2.05, 4.69) is 25.8 Å². The van der Waals surface area contributed by atoms with Gasteiger partial charge in [-0.1, -0.05) is 0 Å². The zero-order valence-electron chi connectivity index (χ0n) is 20.7. The van der Waals surface area contributed by atoms with Crippen molar-refractivity contribution in [1.29, 1.82) is 0 Å². The SMILES string of the molecule is CC[Se]C12CCCCC1CCC1C3CCC(C(C)CC/C(C=NC)=C/N)C3(C)CCC12. The molecule has 0 bridgehead atoms. The summed E-state index contributed by atoms with van der Waals surface area (Å²) >= 11 is 0.867. The van der Waals surface area contributed by atoms with Crippen LogP contribution >= 0.6 is 0 Å². The van der Waals surface area contributed by atoms with Gasteiger partial charge in [0.25, 0.3) is 0 Å². The van der Waals surface area contributed by atoms with Crippen LogP contribution in [-0.4, -0.2) is 28.2 Å². The quantitative estimate of drug-likeness (QED) is 0.295. The van der Waals surface area contributed by atoms with Crippen molar-refractivity contribution in [3.63, 3.8) is 0 Å². The minimum atomic E-state index is 0.591. The van der Waals surface area contributed by atoms with Gasteiger partial charge in [0.15, 0.2) is 0 Å². The average Bonchev–Trinajstić information content (AvgIpc) is 3.13. The van der Waals surface area contributed by atoms with Crippen LogP contribution in [0.4, 0.5) is 0 Å². The molecule has 0 saturated heterocycles. The molecule has 0 amide bonds. The van der Waals surface area contributed by atoms with Crippen molar-refractivity contribution in [2.45, 2.75) is 107 Å². The van der Waals surface area contributed by atoms with Crippen LogP contribution in [0.5, 0.6) is 0 Å². The molecular weight excluding hydrogens is 443 g/mol. The molecule has 176 valence electrons. The summed E-state index contributed by atoms with van der Waals surface area (Å²) < 4.78 is 0.786. The van der Waals surface area contributed by atoms with Crippen LogP contribution in [-0.2, 0) is 0 Å². The van der Waals surface area contributed by atoms with Crippen molar-refractivity contribution in [3.05, 3.63) is 11.8 Å². The second kappa shape index (κ2) is 9.92. The topological polar surface area (TPSA) is 38.4 Å². The summed E-state index contributed by atoms with van der Waals surface area (Å²) in [4.78, 5) is 4.19. The van der Waals surface area contributed by atoms with E-state index in [0.29, 0.717) is 5.41 Å². The molecule has 4 saturated carbocycles. The van der Waals surface area contributed by atoms with E-state index in [1.807, 2.05) is 13.3 Å². The molecule has 4 fully saturated rings. The third-order valence-corrected chi connectivity index (χ3v) is 14.0. The molecule has 0 radical (unpaired) electrons. The Bertz CT molecular complexity index is 668. The van der Waals surface area contributed by atoms with Gasteiger partial charge in [-0.05, 0) is 0 Å². The summed E-state index contributed by atoms with van der Waals surface area (Å²) in [5.41, 5.74) is 7.64. The van der Waals surface area contributed by atoms with E-state index in [9.17, 15) is 0 Å². The van der Waals surface area contributed by atoms with Crippen LogP contribution in [0.3, 0.4) is 0 Å². The van der Waals surface area contributed by atoms with E-state index in [1.165, 1.54) is 49.4 Å². The van der Waals surface area contributed by atoms with Gasteiger partial charge in [0.1, 0.15) is 0 Å². The van der Waals surface area contributed by atoms with Gasteiger partial charge in [0, 0.05) is 7.05 Å². The Labute approximate surface area is 198 Å². The number of rotatable bonds is 7. The van der Waals surface area contributed by atoms with Crippen LogP contribution in [0.25, 0.3) is 0 Å². The maximum atomic E-state index is 5.84. The zero-order chi connectivity index (χ0) is 22.1. The Morgan fingerprint density at radius 1 is 1.10 bits per heavy atom. The fourth-order valence-electron chi connectivity index (χ4n) is 9.30. The van der Waals surface area contributed by atoms with Crippen molar-refractivity contribution in [2.24, 2.45) is 51.6 Å². The molecule has 0 aromatic rings. The van der Waals surface area contributed by atoms with Crippen LogP contribution in [0.2, 0.25) is 9.63 Å². The van der Waals surface area contributed by atoms with Crippen molar-refractivity contribution < 1.29 is 0 Å². The van der Waals surface area contributed by atoms with Crippen molar-refractivity contribution in [3.8, 4) is 0 Å². The molecule has 8 atom stereocenters. The van der Waals surface area contributed by atoms with E-state index in [-0.39, 0.29) is 0 Å². The molecule has 3 heteroatoms. The first-order valence-electron chi connectivity index (χ1n) is 13.5. The number of hydrogen-bond donors (Lipinski definition) is 1. The van der Waals surface area contributed by atoms with Gasteiger partial charge < -0.3 is 0 Å². The maximum absolute atomic E-state index is 5.84. The number of aliphatic imine (C=N–C) groups is 1. The van der Waals surface area contributed by atoms with Gasteiger partial charge >= 0.3 is 192 Å². The molecule has 0 heterocycles. The van der Waals surface area contributed by atoms with E-state index in [4.69, 9.17) is 5.73 Å². The van der Waals surface area contributed by atoms with Crippen LogP contribution < -0.4 is 5.73 Å². The molecule has 0 aliphatic heterocycles. The third-order valence-electron chi connectivity index (χ3n) is 10.5. The molecule has 2 nitrogen and oxygen atoms in total. The third kappa shape index (κ3) is 4.21. The van der Waals surface area contributed by atoms with E-state index < -0.39 is 0 Å². The van der Waals surface area contributed by atoms with Gasteiger partial charge in [-0.25, -0.2) is 0 Å². The summed E-state index contributed by atoms with van der Waals surface area (Å²) in [6, 6.07) is 0. The molecule has 0 spiro atoms. The molecule has 31 heavy (non-hydrogen) atoms. The first-order valence-corrected chi connectivity index (χ1v) is 15.5. The Morgan fingerprint density at radius 2 is 1.94 bits per heavy atom. The predicted molar refractivity (Wildman–Crippen MR) is 136 cm³/mol. The molecule has 4 aliphatic carbocycles. The fraction of sp³-hybridized carbons (Fsp3) is 0.893. The van der Waals surface area contributed by atoms with Crippen molar-refractivity contribution >= 4 is 21.2 Å². The van der Waals surface area contributed by atoms with Crippen LogP contribution in [0.1, 0.15) is 97.8 Å². The molecular formula is C28H48N2Se. The van der Waals surface area contributed by atoms with Crippen LogP contribution in [0.15, 0.2) is 16.8 Å². The standard InChI is InChI=1S/C28H48N2Se/c1-5-31-28-16-7-6-8-22(28)11-12-23-25-14-13-24(27(25,3)17-15-26(23)28)20(2)9-10-21(18-29)19-30-4/h18-20,22-26H,5-17,29H2,1-4H3/b21-18-,30-19?. The van der Waals surface area contributed by atoms with Gasteiger partial charge in [0.2, 0.25) is 0 Å². The summed E-state index contributed by atoms with van der Waals surface area (Å²) in [7, 11) is 1.85. The monoisotopic (exact) mass is 492 g/mol. The zero-order valence-corrected chi connectivity index (χ0v) is 22.5. The Morgan fingerprint density at radius 3 is 2.68 bits per heavy atom. The first-order chi connectivity index (χ1) is 15.0. The molecule has 2 N–H and O–H groups in total. The Kier molecular flexibility index (Phi) is 7.64. The first kappa shape index (κ1) is 23.9. The number of allylic oxidation sites excluding steroid dienone is 1. The second-order valence-electron chi connectivity index (χ2n) is 11.7. The second-order valence-corrected chi connectivity index (χ2v) is 15.1. The molecule has 4 aliphatic rings. The average molecular weight is 492 g/mol. The number of nitrogens with zero attached hydrogens (tertiary/aromatic N) is 1. The fourth-order valence-corrected chi connectivity index (χ4v) is 13.1. The van der Waals surface area contributed by atoms with Crippen LogP contribution in [0, 0.1) is 40.9 Å². The molecule has 4 rings (SSSR count). The van der Waals surface area contributed by atoms with Gasteiger partial charge in [-0.15, -0.1) is 0 Å². The number of nitrogens with two attached hydrogens (primary N) is 1. The Balaban J connectivity index is 1.49. The summed E-state index contributed by atoms with van der Waals surface area (Å²) in [5.74, 6) is 5.92. The normalized spacial score (nSPS) is 44.0. The van der Waals surface area contributed by atoms with Crippen molar-refractivity contribution in [1.82, 2.24) is 0 Å². The molecule has 0 aromatic heterocycles. The molecule has 0 aromatic carbocycles. The van der Waals surface area contributed by atoms with Crippen molar-refractivity contribution in [2.75, 3.05) is 7.05 Å². The van der Waals surface area contributed by atoms with E-state index in [1.54, 1.807) is 38.3 Å². The minimum absolute atomic E-state index is 0.591. The predicted octanol–water partition coefficient (Wildman–Crippen LogP) is 7.29. The summed E-state index contributed by atoms with van der Waals surface area (Å²) in [6.07, 6.45) is 21.4. The van der Waals surface area contributed by atoms with E-state index in [0.717, 1.165) is 61.2 Å². The summed E-state index contributed by atoms with van der Waals surface area (Å²) in [5, 5.41) is 1.46. The Hall–Kier alpha value is -0.271.